The fraction of sp³-hybridized carbons (Fsp3) is 0.556. The molecular formula is C18H23FN2O3. The summed E-state index contributed by atoms with van der Waals surface area (Å²) in [5, 5.41) is 12.9. The number of nitrogens with zero attached hydrogens (tertiary/aromatic N) is 1. The van der Waals surface area contributed by atoms with Gasteiger partial charge in [-0.3, -0.25) is 9.59 Å². The number of benzene rings is 1. The lowest BCUT2D eigenvalue weighted by molar-refractivity contribution is -0.134. The van der Waals surface area contributed by atoms with Crippen LogP contribution in [0, 0.1) is 5.82 Å². The van der Waals surface area contributed by atoms with Crippen LogP contribution in [-0.4, -0.2) is 47.1 Å². The Morgan fingerprint density at radius 1 is 1.25 bits per heavy atom. The van der Waals surface area contributed by atoms with E-state index in [1.165, 1.54) is 13.0 Å². The lowest BCUT2D eigenvalue weighted by Crippen LogP contribution is -2.42. The summed E-state index contributed by atoms with van der Waals surface area (Å²) in [5.74, 6) is -0.596. The van der Waals surface area contributed by atoms with E-state index < -0.39 is 11.5 Å². The standard InChI is InChI=1S/C18H23FN2O3/c1-12(22)20-15-6-10-21(11-7-16(15)23)17(24)18(8-9-18)13-4-2-3-5-14(13)19/h2-5,15-16,23H,6-11H2,1H3,(H,20,22)/t15-,16-/m0/s1. The van der Waals surface area contributed by atoms with E-state index in [0.29, 0.717) is 44.3 Å². The van der Waals surface area contributed by atoms with Gasteiger partial charge in [-0.2, -0.15) is 0 Å². The van der Waals surface area contributed by atoms with E-state index in [9.17, 15) is 19.1 Å². The highest BCUT2D eigenvalue weighted by molar-refractivity contribution is 5.91. The molecule has 2 N–H and O–H groups in total. The van der Waals surface area contributed by atoms with Gasteiger partial charge < -0.3 is 15.3 Å². The van der Waals surface area contributed by atoms with Gasteiger partial charge in [-0.25, -0.2) is 4.39 Å². The highest BCUT2D eigenvalue weighted by Gasteiger charge is 2.54. The van der Waals surface area contributed by atoms with Gasteiger partial charge >= 0.3 is 0 Å². The molecule has 0 radical (unpaired) electrons. The zero-order valence-corrected chi connectivity index (χ0v) is 13.8. The molecule has 2 aliphatic rings. The number of aliphatic hydroxyl groups is 1. The molecule has 130 valence electrons. The van der Waals surface area contributed by atoms with E-state index in [1.807, 2.05) is 0 Å². The van der Waals surface area contributed by atoms with Gasteiger partial charge in [0.15, 0.2) is 0 Å². The molecule has 2 amide bonds. The normalized spacial score (nSPS) is 25.7. The third kappa shape index (κ3) is 3.15. The van der Waals surface area contributed by atoms with Crippen LogP contribution in [0.1, 0.15) is 38.2 Å². The first-order valence-electron chi connectivity index (χ1n) is 8.43. The molecule has 24 heavy (non-hydrogen) atoms. The molecule has 1 aromatic carbocycles. The van der Waals surface area contributed by atoms with Gasteiger partial charge in [0.25, 0.3) is 0 Å². The van der Waals surface area contributed by atoms with Crippen LogP contribution in [0.15, 0.2) is 24.3 Å². The summed E-state index contributed by atoms with van der Waals surface area (Å²) in [7, 11) is 0. The van der Waals surface area contributed by atoms with Crippen LogP contribution in [0.2, 0.25) is 0 Å². The Balaban J connectivity index is 1.74. The zero-order valence-electron chi connectivity index (χ0n) is 13.8. The van der Waals surface area contributed by atoms with E-state index in [2.05, 4.69) is 5.32 Å². The number of hydrogen-bond donors (Lipinski definition) is 2. The minimum atomic E-state index is -0.746. The second-order valence-corrected chi connectivity index (χ2v) is 6.81. The number of rotatable bonds is 3. The van der Waals surface area contributed by atoms with E-state index >= 15 is 0 Å². The van der Waals surface area contributed by atoms with Crippen molar-refractivity contribution in [2.75, 3.05) is 13.1 Å². The summed E-state index contributed by atoms with van der Waals surface area (Å²) in [6.45, 7) is 2.29. The van der Waals surface area contributed by atoms with Crippen molar-refractivity contribution in [1.82, 2.24) is 10.2 Å². The molecule has 1 saturated carbocycles. The number of halogens is 1. The number of carbonyl (C=O) groups excluding carboxylic acids is 2. The molecule has 0 aromatic heterocycles. The minimum Gasteiger partial charge on any atom is -0.391 e. The van der Waals surface area contributed by atoms with Crippen LogP contribution >= 0.6 is 0 Å². The number of aliphatic hydroxyl groups excluding tert-OH is 1. The maximum Gasteiger partial charge on any atom is 0.233 e. The van der Waals surface area contributed by atoms with Gasteiger partial charge in [-0.1, -0.05) is 18.2 Å². The second-order valence-electron chi connectivity index (χ2n) is 6.81. The minimum absolute atomic E-state index is 0.0664. The Hall–Kier alpha value is -1.95. The largest absolute Gasteiger partial charge is 0.391 e. The third-order valence-corrected chi connectivity index (χ3v) is 5.09. The first-order chi connectivity index (χ1) is 11.4. The summed E-state index contributed by atoms with van der Waals surface area (Å²) in [4.78, 5) is 26.0. The molecule has 6 heteroatoms. The predicted molar refractivity (Wildman–Crippen MR) is 86.7 cm³/mol. The fourth-order valence-corrected chi connectivity index (χ4v) is 3.60. The van der Waals surface area contributed by atoms with Gasteiger partial charge in [0, 0.05) is 25.6 Å². The molecule has 2 fully saturated rings. The topological polar surface area (TPSA) is 69.6 Å². The number of likely N-dealkylation sites (tertiary alicyclic amines) is 1. The molecule has 1 saturated heterocycles. The average Bonchev–Trinajstić information content (AvgIpc) is 3.35. The molecule has 1 aliphatic carbocycles. The molecule has 0 spiro atoms. The maximum atomic E-state index is 14.1. The number of hydrogen-bond acceptors (Lipinski definition) is 3. The van der Waals surface area contributed by atoms with Gasteiger partial charge in [0.2, 0.25) is 11.8 Å². The molecule has 1 heterocycles. The summed E-state index contributed by atoms with van der Waals surface area (Å²) >= 11 is 0. The van der Waals surface area contributed by atoms with Crippen molar-refractivity contribution in [1.29, 1.82) is 0 Å². The smallest absolute Gasteiger partial charge is 0.233 e. The molecule has 0 unspecified atom stereocenters. The average molecular weight is 334 g/mol. The van der Waals surface area contributed by atoms with Crippen LogP contribution in [0.4, 0.5) is 4.39 Å². The van der Waals surface area contributed by atoms with E-state index in [-0.39, 0.29) is 23.7 Å². The number of amides is 2. The predicted octanol–water partition coefficient (Wildman–Crippen LogP) is 1.35. The van der Waals surface area contributed by atoms with Crippen molar-refractivity contribution in [3.63, 3.8) is 0 Å². The monoisotopic (exact) mass is 334 g/mol. The summed E-state index contributed by atoms with van der Waals surface area (Å²) in [6, 6.07) is 6.11. The Labute approximate surface area is 140 Å². The van der Waals surface area contributed by atoms with Crippen molar-refractivity contribution < 1.29 is 19.1 Å². The Morgan fingerprint density at radius 3 is 2.54 bits per heavy atom. The maximum absolute atomic E-state index is 14.1. The first-order valence-corrected chi connectivity index (χ1v) is 8.43. The van der Waals surface area contributed by atoms with Crippen LogP contribution in [0.5, 0.6) is 0 Å². The second kappa shape index (κ2) is 6.51. The summed E-state index contributed by atoms with van der Waals surface area (Å²) in [5.41, 5.74) is -0.275. The number of carbonyl (C=O) groups is 2. The molecular weight excluding hydrogens is 311 g/mol. The SMILES string of the molecule is CC(=O)N[C@H]1CCN(C(=O)C2(c3ccccc3F)CC2)CC[C@@H]1O. The molecule has 1 aromatic rings. The van der Waals surface area contributed by atoms with Gasteiger partial charge in [0.1, 0.15) is 5.82 Å². The van der Waals surface area contributed by atoms with Gasteiger partial charge in [-0.05, 0) is 31.7 Å². The molecule has 0 bridgehead atoms. The van der Waals surface area contributed by atoms with E-state index in [0.717, 1.165) is 0 Å². The Kier molecular flexibility index (Phi) is 4.58. The fourth-order valence-electron chi connectivity index (χ4n) is 3.60. The Bertz CT molecular complexity index is 645. The van der Waals surface area contributed by atoms with Crippen LogP contribution in [0.25, 0.3) is 0 Å². The molecule has 1 aliphatic heterocycles. The molecule has 5 nitrogen and oxygen atoms in total. The quantitative estimate of drug-likeness (QED) is 0.877. The third-order valence-electron chi connectivity index (χ3n) is 5.09. The lowest BCUT2D eigenvalue weighted by Gasteiger charge is -2.26. The van der Waals surface area contributed by atoms with Crippen LogP contribution < -0.4 is 5.32 Å². The van der Waals surface area contributed by atoms with Crippen molar-refractivity contribution in [3.8, 4) is 0 Å². The van der Waals surface area contributed by atoms with Crippen molar-refractivity contribution in [3.05, 3.63) is 35.6 Å². The van der Waals surface area contributed by atoms with Crippen molar-refractivity contribution in [2.45, 2.75) is 50.2 Å². The number of nitrogens with one attached hydrogen (secondary N) is 1. The Morgan fingerprint density at radius 2 is 1.92 bits per heavy atom. The zero-order chi connectivity index (χ0) is 17.3. The van der Waals surface area contributed by atoms with Gasteiger partial charge in [0.05, 0.1) is 17.6 Å². The van der Waals surface area contributed by atoms with Gasteiger partial charge in [-0.15, -0.1) is 0 Å². The highest BCUT2D eigenvalue weighted by Crippen LogP contribution is 2.50. The molecule has 3 rings (SSSR count). The first kappa shape index (κ1) is 16.9. The van der Waals surface area contributed by atoms with E-state index in [1.54, 1.807) is 23.1 Å². The highest BCUT2D eigenvalue weighted by atomic mass is 19.1. The van der Waals surface area contributed by atoms with Crippen molar-refractivity contribution >= 4 is 11.8 Å². The lowest BCUT2D eigenvalue weighted by atomic mass is 9.93. The van der Waals surface area contributed by atoms with E-state index in [4.69, 9.17) is 0 Å². The van der Waals surface area contributed by atoms with Crippen molar-refractivity contribution in [2.24, 2.45) is 0 Å². The summed E-state index contributed by atoms with van der Waals surface area (Å²) in [6.07, 6.45) is 1.54. The molecule has 2 atom stereocenters. The van der Waals surface area contributed by atoms with Crippen LogP contribution in [-0.2, 0) is 15.0 Å². The van der Waals surface area contributed by atoms with Crippen LogP contribution in [0.3, 0.4) is 0 Å². The summed E-state index contributed by atoms with van der Waals surface area (Å²) < 4.78 is 14.1.